The number of hydrogen-bond acceptors (Lipinski definition) is 5. The lowest BCUT2D eigenvalue weighted by Crippen LogP contribution is -2.18. The second-order valence-corrected chi connectivity index (χ2v) is 10.0. The molecule has 0 aliphatic carbocycles. The first-order valence-corrected chi connectivity index (χ1v) is 12.0. The van der Waals surface area contributed by atoms with Gasteiger partial charge in [-0.05, 0) is 61.6 Å². The highest BCUT2D eigenvalue weighted by Gasteiger charge is 2.31. The van der Waals surface area contributed by atoms with Gasteiger partial charge in [0.15, 0.2) is 5.78 Å². The van der Waals surface area contributed by atoms with Crippen LogP contribution in [0.2, 0.25) is 0 Å². The quantitative estimate of drug-likeness (QED) is 0.234. The maximum absolute atomic E-state index is 12.9. The molecule has 5 nitrogen and oxygen atoms in total. The first kappa shape index (κ1) is 25.4. The summed E-state index contributed by atoms with van der Waals surface area (Å²) in [5, 5.41) is 7.40. The fourth-order valence-corrected chi connectivity index (χ4v) is 5.05. The molecule has 1 N–H and O–H groups in total. The molecular formula is C25H24F3NO4S. The Morgan fingerprint density at radius 1 is 1.03 bits per heavy atom. The van der Waals surface area contributed by atoms with Gasteiger partial charge in [0.1, 0.15) is 10.8 Å². The second-order valence-electron chi connectivity index (χ2n) is 8.07. The summed E-state index contributed by atoms with van der Waals surface area (Å²) in [6.45, 7) is 3.33. The number of halogens is 3. The zero-order chi connectivity index (χ0) is 25.1. The number of carbonyl (C=O) groups is 1. The lowest BCUT2D eigenvalue weighted by molar-refractivity contribution is -0.137. The van der Waals surface area contributed by atoms with E-state index in [2.05, 4.69) is 0 Å². The van der Waals surface area contributed by atoms with E-state index < -0.39 is 33.0 Å². The van der Waals surface area contributed by atoms with Gasteiger partial charge >= 0.3 is 6.18 Å². The highest BCUT2D eigenvalue weighted by atomic mass is 32.2. The molecule has 180 valence electrons. The summed E-state index contributed by atoms with van der Waals surface area (Å²) in [5.74, 6) is 0.549. The summed E-state index contributed by atoms with van der Waals surface area (Å²) in [6.07, 6.45) is -2.07. The first-order valence-electron chi connectivity index (χ1n) is 10.5. The van der Waals surface area contributed by atoms with Crippen LogP contribution in [0.25, 0.3) is 0 Å². The molecule has 0 atom stereocenters. The molecule has 0 spiro atoms. The van der Waals surface area contributed by atoms with Crippen molar-refractivity contribution in [2.45, 2.75) is 50.6 Å². The van der Waals surface area contributed by atoms with Crippen LogP contribution < -0.4 is 0 Å². The van der Waals surface area contributed by atoms with Gasteiger partial charge in [-0.1, -0.05) is 30.3 Å². The normalized spacial score (nSPS) is 12.0. The van der Waals surface area contributed by atoms with Crippen LogP contribution in [-0.4, -0.2) is 19.2 Å². The van der Waals surface area contributed by atoms with Gasteiger partial charge in [-0.3, -0.25) is 10.2 Å². The summed E-state index contributed by atoms with van der Waals surface area (Å²) >= 11 is 0. The summed E-state index contributed by atoms with van der Waals surface area (Å²) in [6, 6.07) is 10.7. The topological polar surface area (TPSA) is 88.2 Å². The smallest absolute Gasteiger partial charge is 0.416 e. The number of carbonyl (C=O) groups excluding carboxylic acids is 1. The molecule has 0 amide bonds. The standard InChI is InChI=1S/C25H24F3NO4S/c1-16-13-18(5-4-8-22(30)21-11-12-33-17(21)2)9-10-23(16)34(31,32)24(29)15-19-6-3-7-20(14-19)25(26,27)28/h3,6-7,9-14,29H,4-5,8,15H2,1-2H3. The number of sulfone groups is 1. The zero-order valence-corrected chi connectivity index (χ0v) is 19.5. The minimum absolute atomic E-state index is 0.0230. The molecule has 2 aromatic carbocycles. The Kier molecular flexibility index (Phi) is 7.45. The summed E-state index contributed by atoms with van der Waals surface area (Å²) in [5.41, 5.74) is 1.03. The number of ketones is 1. The van der Waals surface area contributed by atoms with Crippen molar-refractivity contribution < 1.29 is 30.8 Å². The van der Waals surface area contributed by atoms with Crippen molar-refractivity contribution in [3.8, 4) is 0 Å². The van der Waals surface area contributed by atoms with Gasteiger partial charge in [-0.25, -0.2) is 8.42 Å². The molecule has 1 heterocycles. The van der Waals surface area contributed by atoms with Gasteiger partial charge in [0, 0.05) is 12.8 Å². The van der Waals surface area contributed by atoms with E-state index in [1.54, 1.807) is 32.0 Å². The molecule has 9 heteroatoms. The number of aryl methyl sites for hydroxylation is 3. The van der Waals surface area contributed by atoms with Crippen molar-refractivity contribution in [3.63, 3.8) is 0 Å². The second kappa shape index (κ2) is 9.97. The van der Waals surface area contributed by atoms with E-state index >= 15 is 0 Å². The van der Waals surface area contributed by atoms with Crippen LogP contribution in [0.5, 0.6) is 0 Å². The predicted molar refractivity (Wildman–Crippen MR) is 122 cm³/mol. The van der Waals surface area contributed by atoms with Crippen molar-refractivity contribution in [2.75, 3.05) is 0 Å². The average Bonchev–Trinajstić information content (AvgIpc) is 3.19. The highest BCUT2D eigenvalue weighted by Crippen LogP contribution is 2.30. The van der Waals surface area contributed by atoms with E-state index in [0.717, 1.165) is 17.7 Å². The van der Waals surface area contributed by atoms with E-state index in [1.807, 2.05) is 0 Å². The van der Waals surface area contributed by atoms with Crippen molar-refractivity contribution in [1.82, 2.24) is 0 Å². The van der Waals surface area contributed by atoms with Gasteiger partial charge in [0.25, 0.3) is 0 Å². The van der Waals surface area contributed by atoms with Gasteiger partial charge in [0.05, 0.1) is 22.3 Å². The largest absolute Gasteiger partial charge is 0.469 e. The monoisotopic (exact) mass is 491 g/mol. The van der Waals surface area contributed by atoms with Crippen molar-refractivity contribution >= 4 is 20.7 Å². The zero-order valence-electron chi connectivity index (χ0n) is 18.7. The Bertz CT molecular complexity index is 1320. The third-order valence-electron chi connectivity index (χ3n) is 5.50. The van der Waals surface area contributed by atoms with Gasteiger partial charge in [0.2, 0.25) is 9.84 Å². The van der Waals surface area contributed by atoms with E-state index in [-0.39, 0.29) is 16.2 Å². The molecule has 0 bridgehead atoms. The van der Waals surface area contributed by atoms with Gasteiger partial charge in [-0.15, -0.1) is 0 Å². The Morgan fingerprint density at radius 2 is 1.76 bits per heavy atom. The minimum Gasteiger partial charge on any atom is -0.469 e. The fraction of sp³-hybridized carbons (Fsp3) is 0.280. The molecule has 3 rings (SSSR count). The molecule has 1 aromatic heterocycles. The number of alkyl halides is 3. The third kappa shape index (κ3) is 5.83. The van der Waals surface area contributed by atoms with Gasteiger partial charge < -0.3 is 4.42 Å². The Labute approximate surface area is 196 Å². The Balaban J connectivity index is 1.67. The maximum Gasteiger partial charge on any atom is 0.416 e. The average molecular weight is 492 g/mol. The van der Waals surface area contributed by atoms with E-state index in [0.29, 0.717) is 36.1 Å². The summed E-state index contributed by atoms with van der Waals surface area (Å²) in [7, 11) is -4.16. The van der Waals surface area contributed by atoms with Crippen LogP contribution in [0.1, 0.15) is 51.2 Å². The molecule has 0 fully saturated rings. The molecule has 0 saturated heterocycles. The summed E-state index contributed by atoms with van der Waals surface area (Å²) < 4.78 is 69.7. The lowest BCUT2D eigenvalue weighted by Gasteiger charge is -2.12. The molecule has 0 unspecified atom stereocenters. The third-order valence-corrected chi connectivity index (χ3v) is 7.33. The first-order chi connectivity index (χ1) is 15.9. The SMILES string of the molecule is Cc1cc(CCCC(=O)c2ccoc2C)ccc1S(=O)(=O)C(=N)Cc1cccc(C(F)(F)F)c1. The highest BCUT2D eigenvalue weighted by molar-refractivity contribution is 8.06. The van der Waals surface area contributed by atoms with E-state index in [9.17, 15) is 26.4 Å². The van der Waals surface area contributed by atoms with Crippen LogP contribution >= 0.6 is 0 Å². The number of benzene rings is 2. The number of Topliss-reactive ketones (excluding diaryl/α,β-unsaturated/α-hetero) is 1. The fourth-order valence-electron chi connectivity index (χ4n) is 3.70. The van der Waals surface area contributed by atoms with Crippen LogP contribution in [0.4, 0.5) is 13.2 Å². The molecule has 3 aromatic rings. The number of rotatable bonds is 8. The minimum atomic E-state index is -4.55. The molecule has 0 aliphatic rings. The number of nitrogens with one attached hydrogen (secondary N) is 1. The van der Waals surface area contributed by atoms with Crippen LogP contribution in [0.3, 0.4) is 0 Å². The number of hydrogen-bond donors (Lipinski definition) is 1. The number of furan rings is 1. The van der Waals surface area contributed by atoms with Crippen LogP contribution in [0.15, 0.2) is 64.1 Å². The molecule has 0 radical (unpaired) electrons. The Morgan fingerprint density at radius 3 is 2.38 bits per heavy atom. The maximum atomic E-state index is 12.9. The van der Waals surface area contributed by atoms with Gasteiger partial charge in [-0.2, -0.15) is 13.2 Å². The van der Waals surface area contributed by atoms with E-state index in [1.165, 1.54) is 24.5 Å². The molecule has 0 saturated carbocycles. The Hall–Kier alpha value is -3.20. The molecular weight excluding hydrogens is 467 g/mol. The van der Waals surface area contributed by atoms with Crippen molar-refractivity contribution in [2.24, 2.45) is 0 Å². The molecule has 34 heavy (non-hydrogen) atoms. The predicted octanol–water partition coefficient (Wildman–Crippen LogP) is 6.11. The molecule has 0 aliphatic heterocycles. The lowest BCUT2D eigenvalue weighted by atomic mass is 10.0. The van der Waals surface area contributed by atoms with Crippen molar-refractivity contribution in [3.05, 3.63) is 88.4 Å². The summed E-state index contributed by atoms with van der Waals surface area (Å²) in [4.78, 5) is 12.2. The van der Waals surface area contributed by atoms with Crippen molar-refractivity contribution in [1.29, 1.82) is 5.41 Å². The van der Waals surface area contributed by atoms with Crippen LogP contribution in [-0.2, 0) is 28.9 Å². The van der Waals surface area contributed by atoms with Crippen LogP contribution in [0, 0.1) is 19.3 Å². The van der Waals surface area contributed by atoms with E-state index in [4.69, 9.17) is 9.83 Å².